The van der Waals surface area contributed by atoms with E-state index in [2.05, 4.69) is 16.0 Å². The summed E-state index contributed by atoms with van der Waals surface area (Å²) < 4.78 is 0. The van der Waals surface area contributed by atoms with Gasteiger partial charge in [-0.2, -0.15) is 0 Å². The van der Waals surface area contributed by atoms with E-state index in [0.29, 0.717) is 0 Å². The molecule has 1 fully saturated rings. The molecule has 0 saturated heterocycles. The molecule has 1 aliphatic carbocycles. The third-order valence-electron chi connectivity index (χ3n) is 4.45. The van der Waals surface area contributed by atoms with Crippen molar-refractivity contribution in [2.75, 3.05) is 26.2 Å². The first-order valence-electron chi connectivity index (χ1n) is 8.65. The molecule has 0 amide bonds. The molecule has 0 spiro atoms. The van der Waals surface area contributed by atoms with Crippen LogP contribution in [0.15, 0.2) is 0 Å². The maximum Gasteiger partial charge on any atom is 0.304 e. The van der Waals surface area contributed by atoms with Crippen LogP contribution in [0.3, 0.4) is 0 Å². The van der Waals surface area contributed by atoms with Crippen molar-refractivity contribution in [3.05, 3.63) is 0 Å². The molecule has 12 heteroatoms. The smallest absolute Gasteiger partial charge is 0.304 e. The summed E-state index contributed by atoms with van der Waals surface area (Å²) in [5.74, 6) is -2.14. The van der Waals surface area contributed by atoms with E-state index in [9.17, 15) is 30.0 Å². The number of carboxylic acids is 2. The Balaban J connectivity index is 2.86. The molecule has 0 aromatic heterocycles. The van der Waals surface area contributed by atoms with Gasteiger partial charge in [0.25, 0.3) is 0 Å². The molecule has 0 aromatic carbocycles. The van der Waals surface area contributed by atoms with E-state index in [1.807, 2.05) is 0 Å². The van der Waals surface area contributed by atoms with Gasteiger partial charge in [-0.3, -0.25) is 9.59 Å². The Morgan fingerprint density at radius 2 is 1.15 bits per heavy atom. The molecule has 0 heterocycles. The van der Waals surface area contributed by atoms with Crippen LogP contribution in [0, 0.1) is 0 Å². The van der Waals surface area contributed by atoms with E-state index in [1.165, 1.54) is 0 Å². The molecule has 7 atom stereocenters. The van der Waals surface area contributed by atoms with Crippen molar-refractivity contribution in [3.8, 4) is 0 Å². The Kier molecular flexibility index (Phi) is 10.0. The van der Waals surface area contributed by atoms with Gasteiger partial charge in [-0.25, -0.2) is 0 Å². The Morgan fingerprint density at radius 3 is 1.48 bits per heavy atom. The predicted molar refractivity (Wildman–Crippen MR) is 91.0 cm³/mol. The number of carboxylic acid groups (broad SMARTS) is 2. The van der Waals surface area contributed by atoms with Crippen LogP contribution in [0.25, 0.3) is 0 Å². The fourth-order valence-corrected chi connectivity index (χ4v) is 3.03. The van der Waals surface area contributed by atoms with Crippen LogP contribution in [-0.2, 0) is 9.59 Å². The third-order valence-corrected chi connectivity index (χ3v) is 4.45. The number of carbonyl (C=O) groups is 2. The van der Waals surface area contributed by atoms with E-state index in [1.54, 1.807) is 0 Å². The van der Waals surface area contributed by atoms with Gasteiger partial charge in [0.2, 0.25) is 0 Å². The van der Waals surface area contributed by atoms with Crippen LogP contribution in [0.4, 0.5) is 0 Å². The first-order chi connectivity index (χ1) is 12.7. The van der Waals surface area contributed by atoms with Crippen molar-refractivity contribution in [2.45, 2.75) is 55.4 Å². The average molecular weight is 395 g/mol. The van der Waals surface area contributed by atoms with Gasteiger partial charge < -0.3 is 51.7 Å². The molecule has 27 heavy (non-hydrogen) atoms. The molecule has 0 aliphatic heterocycles. The first kappa shape index (κ1) is 23.7. The average Bonchev–Trinajstić information content (AvgIpc) is 2.59. The fourth-order valence-electron chi connectivity index (χ4n) is 3.03. The molecule has 12 nitrogen and oxygen atoms in total. The van der Waals surface area contributed by atoms with E-state index < -0.39 is 61.1 Å². The number of aliphatic hydroxyl groups is 5. The van der Waals surface area contributed by atoms with Crippen molar-refractivity contribution in [1.82, 2.24) is 16.0 Å². The molecule has 1 saturated carbocycles. The van der Waals surface area contributed by atoms with Gasteiger partial charge in [-0.15, -0.1) is 0 Å². The summed E-state index contributed by atoms with van der Waals surface area (Å²) in [5, 5.41) is 75.5. The van der Waals surface area contributed by atoms with E-state index in [4.69, 9.17) is 15.3 Å². The van der Waals surface area contributed by atoms with Crippen molar-refractivity contribution >= 4 is 11.9 Å². The molecule has 10 N–H and O–H groups in total. The molecule has 1 rings (SSSR count). The lowest BCUT2D eigenvalue weighted by atomic mass is 9.79. The summed E-state index contributed by atoms with van der Waals surface area (Å²) in [6, 6.07) is -3.06. The maximum absolute atomic E-state index is 10.7. The zero-order valence-corrected chi connectivity index (χ0v) is 14.7. The van der Waals surface area contributed by atoms with Gasteiger partial charge in [0.05, 0.1) is 62.0 Å². The van der Waals surface area contributed by atoms with E-state index in [-0.39, 0.29) is 32.5 Å². The van der Waals surface area contributed by atoms with Crippen LogP contribution >= 0.6 is 0 Å². The lowest BCUT2D eigenvalue weighted by Crippen LogP contribution is -2.74. The number of hydrogen-bond donors (Lipinski definition) is 10. The van der Waals surface area contributed by atoms with Crippen molar-refractivity contribution in [3.63, 3.8) is 0 Å². The Labute approximate surface area is 155 Å². The van der Waals surface area contributed by atoms with Crippen LogP contribution in [-0.4, -0.2) is 116 Å². The van der Waals surface area contributed by atoms with Crippen molar-refractivity contribution in [1.29, 1.82) is 0 Å². The summed E-state index contributed by atoms with van der Waals surface area (Å²) >= 11 is 0. The second-order valence-corrected chi connectivity index (χ2v) is 6.49. The number of aliphatic hydroxyl groups excluding tert-OH is 5. The standard InChI is InChI=1S/C15H29N3O9/c19-6-7(20)5-18-12-14(26)10(16-3-1-8(21)22)13(25)11(15(12)27)17-4-2-9(23)24/h7,10-20,25-27H,1-6H2,(H,21,22)(H,23,24)/t7?,10-,11+,12?,13?,14-,15+. The van der Waals surface area contributed by atoms with Crippen molar-refractivity contribution in [2.24, 2.45) is 0 Å². The molecule has 0 radical (unpaired) electrons. The number of hydrogen-bond acceptors (Lipinski definition) is 10. The van der Waals surface area contributed by atoms with Crippen LogP contribution in [0.2, 0.25) is 0 Å². The highest BCUT2D eigenvalue weighted by molar-refractivity contribution is 5.67. The molecule has 3 unspecified atom stereocenters. The molecule has 1 aliphatic rings. The normalized spacial score (nSPS) is 32.2. The zero-order chi connectivity index (χ0) is 20.6. The summed E-state index contributed by atoms with van der Waals surface area (Å²) in [6.07, 6.45) is -5.65. The van der Waals surface area contributed by atoms with Gasteiger partial charge in [0, 0.05) is 19.6 Å². The quantitative estimate of drug-likeness (QED) is 0.151. The largest absolute Gasteiger partial charge is 0.481 e. The number of aliphatic carboxylic acids is 2. The SMILES string of the molecule is O=C(O)CCN[C@@H]1C(O)[C@H](NCCC(=O)O)[C@H](O)C(NCC(O)CO)[C@@H]1O. The van der Waals surface area contributed by atoms with Gasteiger partial charge in [-0.1, -0.05) is 0 Å². The second-order valence-electron chi connectivity index (χ2n) is 6.49. The molecular weight excluding hydrogens is 366 g/mol. The number of rotatable bonds is 12. The minimum atomic E-state index is -1.34. The highest BCUT2D eigenvalue weighted by Gasteiger charge is 2.48. The van der Waals surface area contributed by atoms with Crippen LogP contribution in [0.1, 0.15) is 12.8 Å². The highest BCUT2D eigenvalue weighted by atomic mass is 16.4. The van der Waals surface area contributed by atoms with Crippen molar-refractivity contribution < 1.29 is 45.3 Å². The summed E-state index contributed by atoms with van der Waals surface area (Å²) in [6.45, 7) is -0.764. The molecule has 0 aromatic rings. The first-order valence-corrected chi connectivity index (χ1v) is 8.65. The topological polar surface area (TPSA) is 212 Å². The second kappa shape index (κ2) is 11.5. The summed E-state index contributed by atoms with van der Waals surface area (Å²) in [4.78, 5) is 21.3. The van der Waals surface area contributed by atoms with Crippen LogP contribution in [0.5, 0.6) is 0 Å². The summed E-state index contributed by atoms with van der Waals surface area (Å²) in [5.41, 5.74) is 0. The Hall–Kier alpha value is -1.38. The minimum Gasteiger partial charge on any atom is -0.481 e. The zero-order valence-electron chi connectivity index (χ0n) is 14.7. The minimum absolute atomic E-state index is 0.0436. The van der Waals surface area contributed by atoms with E-state index in [0.717, 1.165) is 0 Å². The van der Waals surface area contributed by atoms with Gasteiger partial charge in [0.1, 0.15) is 0 Å². The number of nitrogens with one attached hydrogen (secondary N) is 3. The van der Waals surface area contributed by atoms with Gasteiger partial charge in [0.15, 0.2) is 0 Å². The molecular formula is C15H29N3O9. The molecule has 158 valence electrons. The highest BCUT2D eigenvalue weighted by Crippen LogP contribution is 2.22. The summed E-state index contributed by atoms with van der Waals surface area (Å²) in [7, 11) is 0. The van der Waals surface area contributed by atoms with E-state index >= 15 is 0 Å². The maximum atomic E-state index is 10.7. The van der Waals surface area contributed by atoms with Gasteiger partial charge >= 0.3 is 11.9 Å². The predicted octanol–water partition coefficient (Wildman–Crippen LogP) is -4.74. The Morgan fingerprint density at radius 1 is 0.778 bits per heavy atom. The lowest BCUT2D eigenvalue weighted by molar-refractivity contribution is -0.137. The third kappa shape index (κ3) is 7.27. The molecule has 0 bridgehead atoms. The fraction of sp³-hybridized carbons (Fsp3) is 0.867. The van der Waals surface area contributed by atoms with Crippen LogP contribution < -0.4 is 16.0 Å². The van der Waals surface area contributed by atoms with Gasteiger partial charge in [-0.05, 0) is 0 Å². The Bertz CT molecular complexity index is 447. The lowest BCUT2D eigenvalue weighted by Gasteiger charge is -2.47. The monoisotopic (exact) mass is 395 g/mol.